The van der Waals surface area contributed by atoms with Crippen molar-refractivity contribution >= 4 is 41.5 Å². The summed E-state index contributed by atoms with van der Waals surface area (Å²) in [5.41, 5.74) is 0.821. The summed E-state index contributed by atoms with van der Waals surface area (Å²) in [5, 5.41) is 3.54. The molecule has 0 unspecified atom stereocenters. The zero-order chi connectivity index (χ0) is 16.2. The lowest BCUT2D eigenvalue weighted by Crippen LogP contribution is -2.43. The molecule has 0 aliphatic heterocycles. The number of carbonyl (C=O) groups is 2. The molecule has 0 fully saturated rings. The molecule has 7 heteroatoms. The smallest absolute Gasteiger partial charge is 0.329 e. The van der Waals surface area contributed by atoms with Crippen LogP contribution in [0.5, 0.6) is 0 Å². The lowest BCUT2D eigenvalue weighted by Gasteiger charge is -2.15. The molecule has 1 amide bonds. The molecule has 22 heavy (non-hydrogen) atoms. The first-order chi connectivity index (χ1) is 10.7. The minimum Gasteiger partial charge on any atom is -0.464 e. The summed E-state index contributed by atoms with van der Waals surface area (Å²) in [7, 11) is 0. The van der Waals surface area contributed by atoms with Crippen molar-refractivity contribution in [3.63, 3.8) is 0 Å². The molecule has 1 aromatic heterocycles. The Morgan fingerprint density at radius 1 is 1.50 bits per heavy atom. The molecule has 0 aliphatic rings. The van der Waals surface area contributed by atoms with E-state index in [1.807, 2.05) is 12.3 Å². The van der Waals surface area contributed by atoms with Crippen LogP contribution in [0.3, 0.4) is 0 Å². The van der Waals surface area contributed by atoms with Crippen LogP contribution >= 0.6 is 23.5 Å². The molecule has 0 aliphatic carbocycles. The highest BCUT2D eigenvalue weighted by Crippen LogP contribution is 2.11. The summed E-state index contributed by atoms with van der Waals surface area (Å²) in [6.07, 6.45) is 8.35. The Morgan fingerprint density at radius 3 is 2.95 bits per heavy atom. The van der Waals surface area contributed by atoms with Gasteiger partial charge in [-0.2, -0.15) is 11.8 Å². The van der Waals surface area contributed by atoms with E-state index in [4.69, 9.17) is 4.74 Å². The summed E-state index contributed by atoms with van der Waals surface area (Å²) in [6, 6.07) is 2.99. The lowest BCUT2D eigenvalue weighted by atomic mass is 10.2. The number of ether oxygens (including phenoxy) is 1. The Bertz CT molecular complexity index is 495. The number of rotatable bonds is 9. The molecular formula is C15H20N2O3S2. The zero-order valence-electron chi connectivity index (χ0n) is 12.7. The molecule has 1 heterocycles. The second-order valence-corrected chi connectivity index (χ2v) is 6.47. The highest BCUT2D eigenvalue weighted by Gasteiger charge is 2.20. The van der Waals surface area contributed by atoms with Gasteiger partial charge >= 0.3 is 5.97 Å². The SMILES string of the molecule is CCOC(=O)[C@H](CSCSC)NC(=O)/C=C/c1cccnc1. The van der Waals surface area contributed by atoms with Crippen LogP contribution in [-0.4, -0.2) is 46.6 Å². The van der Waals surface area contributed by atoms with Crippen LogP contribution in [0.1, 0.15) is 12.5 Å². The predicted molar refractivity (Wildman–Crippen MR) is 92.7 cm³/mol. The van der Waals surface area contributed by atoms with E-state index < -0.39 is 12.0 Å². The van der Waals surface area contributed by atoms with E-state index in [-0.39, 0.29) is 5.91 Å². The minimum absolute atomic E-state index is 0.296. The summed E-state index contributed by atoms with van der Waals surface area (Å²) >= 11 is 3.26. The normalized spacial score (nSPS) is 12.1. The topological polar surface area (TPSA) is 68.3 Å². The van der Waals surface area contributed by atoms with Gasteiger partial charge in [0.05, 0.1) is 6.61 Å². The van der Waals surface area contributed by atoms with E-state index in [1.165, 1.54) is 6.08 Å². The van der Waals surface area contributed by atoms with Crippen molar-refractivity contribution in [2.75, 3.05) is 23.7 Å². The van der Waals surface area contributed by atoms with Gasteiger partial charge in [0.25, 0.3) is 0 Å². The van der Waals surface area contributed by atoms with Gasteiger partial charge in [-0.3, -0.25) is 9.78 Å². The maximum Gasteiger partial charge on any atom is 0.329 e. The first kappa shape index (κ1) is 18.6. The number of pyridine rings is 1. The second kappa shape index (κ2) is 11.1. The summed E-state index contributed by atoms with van der Waals surface area (Å²) in [5.74, 6) is -0.238. The van der Waals surface area contributed by atoms with Crippen LogP contribution in [0.2, 0.25) is 0 Å². The van der Waals surface area contributed by atoms with Crippen molar-refractivity contribution in [2.24, 2.45) is 0 Å². The van der Waals surface area contributed by atoms with Gasteiger partial charge in [0.2, 0.25) is 5.91 Å². The van der Waals surface area contributed by atoms with Gasteiger partial charge in [0.1, 0.15) is 6.04 Å². The van der Waals surface area contributed by atoms with E-state index in [9.17, 15) is 9.59 Å². The molecule has 1 atom stereocenters. The van der Waals surface area contributed by atoms with Gasteiger partial charge in [-0.15, -0.1) is 11.8 Å². The number of thioether (sulfide) groups is 2. The van der Waals surface area contributed by atoms with Crippen molar-refractivity contribution in [3.8, 4) is 0 Å². The molecule has 0 aromatic carbocycles. The number of nitrogens with zero attached hydrogens (tertiary/aromatic N) is 1. The second-order valence-electron chi connectivity index (χ2n) is 4.21. The molecular weight excluding hydrogens is 320 g/mol. The van der Waals surface area contributed by atoms with Crippen molar-refractivity contribution in [2.45, 2.75) is 13.0 Å². The molecule has 1 rings (SSSR count). The minimum atomic E-state index is -0.636. The van der Waals surface area contributed by atoms with Crippen molar-refractivity contribution in [1.82, 2.24) is 10.3 Å². The maximum atomic E-state index is 11.9. The standard InChI is InChI=1S/C15H20N2O3S2/c1-3-20-15(19)13(10-22-11-21-2)17-14(18)7-6-12-5-4-8-16-9-12/h4-9,13H,3,10-11H2,1-2H3,(H,17,18)/b7-6+/t13-/m0/s1. The summed E-state index contributed by atoms with van der Waals surface area (Å²) in [4.78, 5) is 27.7. The number of nitrogens with one attached hydrogen (secondary N) is 1. The Kier molecular flexibility index (Phi) is 9.41. The van der Waals surface area contributed by atoms with Gasteiger partial charge in [-0.05, 0) is 30.9 Å². The lowest BCUT2D eigenvalue weighted by molar-refractivity contribution is -0.146. The number of hydrogen-bond donors (Lipinski definition) is 1. The third-order valence-corrected chi connectivity index (χ3v) is 4.66. The maximum absolute atomic E-state index is 11.9. The zero-order valence-corrected chi connectivity index (χ0v) is 14.3. The monoisotopic (exact) mass is 340 g/mol. The molecule has 0 spiro atoms. The van der Waals surface area contributed by atoms with Crippen LogP contribution in [0.25, 0.3) is 6.08 Å². The van der Waals surface area contributed by atoms with Crippen LogP contribution in [-0.2, 0) is 14.3 Å². The van der Waals surface area contributed by atoms with E-state index in [0.717, 1.165) is 10.6 Å². The van der Waals surface area contributed by atoms with Gasteiger partial charge in [-0.1, -0.05) is 6.07 Å². The highest BCUT2D eigenvalue weighted by atomic mass is 32.2. The highest BCUT2D eigenvalue weighted by molar-refractivity contribution is 8.15. The van der Waals surface area contributed by atoms with Gasteiger partial charge in [-0.25, -0.2) is 4.79 Å². The van der Waals surface area contributed by atoms with E-state index >= 15 is 0 Å². The van der Waals surface area contributed by atoms with E-state index in [1.54, 1.807) is 55.0 Å². The molecule has 120 valence electrons. The first-order valence-corrected chi connectivity index (χ1v) is 9.34. The van der Waals surface area contributed by atoms with Crippen LogP contribution < -0.4 is 5.32 Å². The molecule has 0 bridgehead atoms. The van der Waals surface area contributed by atoms with Gasteiger partial charge < -0.3 is 10.1 Å². The Balaban J connectivity index is 2.57. The van der Waals surface area contributed by atoms with E-state index in [0.29, 0.717) is 12.4 Å². The molecule has 5 nitrogen and oxygen atoms in total. The van der Waals surface area contributed by atoms with Crippen LogP contribution in [0.15, 0.2) is 30.6 Å². The van der Waals surface area contributed by atoms with Crippen molar-refractivity contribution in [3.05, 3.63) is 36.2 Å². The number of amides is 1. The van der Waals surface area contributed by atoms with Crippen LogP contribution in [0, 0.1) is 0 Å². The molecule has 1 N–H and O–H groups in total. The fourth-order valence-corrected chi connectivity index (χ4v) is 3.03. The predicted octanol–water partition coefficient (Wildman–Crippen LogP) is 2.20. The van der Waals surface area contributed by atoms with Crippen molar-refractivity contribution in [1.29, 1.82) is 0 Å². The summed E-state index contributed by atoms with van der Waals surface area (Å²) < 4.78 is 4.99. The largest absolute Gasteiger partial charge is 0.464 e. The average molecular weight is 340 g/mol. The van der Waals surface area contributed by atoms with Crippen LogP contribution in [0.4, 0.5) is 0 Å². The fourth-order valence-electron chi connectivity index (χ4n) is 1.53. The third kappa shape index (κ3) is 7.51. The van der Waals surface area contributed by atoms with E-state index in [2.05, 4.69) is 10.3 Å². The Labute approximate surface area is 139 Å². The molecule has 0 saturated heterocycles. The number of hydrogen-bond acceptors (Lipinski definition) is 6. The molecule has 1 aromatic rings. The number of aromatic nitrogens is 1. The van der Waals surface area contributed by atoms with Gasteiger partial charge in [0.15, 0.2) is 0 Å². The quantitative estimate of drug-likeness (QED) is 0.322. The number of esters is 1. The van der Waals surface area contributed by atoms with Crippen molar-refractivity contribution < 1.29 is 14.3 Å². The first-order valence-electron chi connectivity index (χ1n) is 6.79. The molecule has 0 radical (unpaired) electrons. The van der Waals surface area contributed by atoms with Gasteiger partial charge in [0, 0.05) is 29.3 Å². The third-order valence-electron chi connectivity index (χ3n) is 2.48. The Morgan fingerprint density at radius 2 is 2.32 bits per heavy atom. The Hall–Kier alpha value is -1.47. The fraction of sp³-hybridized carbons (Fsp3) is 0.400. The average Bonchev–Trinajstić information content (AvgIpc) is 2.53. The summed E-state index contributed by atoms with van der Waals surface area (Å²) in [6.45, 7) is 2.04. The molecule has 0 saturated carbocycles. The number of carbonyl (C=O) groups excluding carboxylic acids is 2.